The van der Waals surface area contributed by atoms with E-state index in [0.717, 1.165) is 10.4 Å². The first-order valence-corrected chi connectivity index (χ1v) is 8.30. The first-order chi connectivity index (χ1) is 11.5. The highest BCUT2D eigenvalue weighted by molar-refractivity contribution is 7.17. The van der Waals surface area contributed by atoms with Gasteiger partial charge in [0.05, 0.1) is 11.3 Å². The maximum absolute atomic E-state index is 12.6. The summed E-state index contributed by atoms with van der Waals surface area (Å²) in [5, 5.41) is 9.73. The number of carbonyl (C=O) groups is 2. The molecule has 0 unspecified atom stereocenters. The van der Waals surface area contributed by atoms with Gasteiger partial charge >= 0.3 is 5.97 Å². The normalized spacial score (nSPS) is 10.5. The highest BCUT2D eigenvalue weighted by Crippen LogP contribution is 2.34. The van der Waals surface area contributed by atoms with Crippen molar-refractivity contribution >= 4 is 34.7 Å². The lowest BCUT2D eigenvalue weighted by molar-refractivity contribution is -0.136. The third kappa shape index (κ3) is 3.53. The first-order valence-electron chi connectivity index (χ1n) is 7.11. The van der Waals surface area contributed by atoms with Gasteiger partial charge in [-0.3, -0.25) is 14.6 Å². The number of carboxylic acid groups (broad SMARTS) is 1. The van der Waals surface area contributed by atoms with E-state index in [-0.39, 0.29) is 12.2 Å². The third-order valence-electron chi connectivity index (χ3n) is 3.38. The number of ketones is 1. The maximum atomic E-state index is 12.6. The van der Waals surface area contributed by atoms with E-state index in [0.29, 0.717) is 21.2 Å². The molecule has 1 N–H and O–H groups in total. The monoisotopic (exact) mass is 357 g/mol. The molecule has 2 aromatic heterocycles. The van der Waals surface area contributed by atoms with Crippen molar-refractivity contribution in [2.45, 2.75) is 6.42 Å². The molecule has 120 valence electrons. The summed E-state index contributed by atoms with van der Waals surface area (Å²) in [6.07, 6.45) is 1.41. The minimum Gasteiger partial charge on any atom is -0.481 e. The molecule has 0 saturated heterocycles. The molecular formula is C18H12ClNO3S. The van der Waals surface area contributed by atoms with Crippen molar-refractivity contribution < 1.29 is 14.7 Å². The topological polar surface area (TPSA) is 67.3 Å². The number of hydrogen-bond donors (Lipinski definition) is 1. The van der Waals surface area contributed by atoms with Crippen LogP contribution in [0.3, 0.4) is 0 Å². The van der Waals surface area contributed by atoms with Crippen molar-refractivity contribution in [3.63, 3.8) is 0 Å². The predicted molar refractivity (Wildman–Crippen MR) is 93.8 cm³/mol. The number of halogens is 1. The fourth-order valence-corrected chi connectivity index (χ4v) is 3.56. The molecule has 3 rings (SSSR count). The van der Waals surface area contributed by atoms with E-state index in [2.05, 4.69) is 4.98 Å². The summed E-state index contributed by atoms with van der Waals surface area (Å²) in [6.45, 7) is 0. The highest BCUT2D eigenvalue weighted by Gasteiger charge is 2.19. The molecule has 0 aliphatic heterocycles. The molecule has 2 heterocycles. The number of aliphatic carboxylic acids is 1. The van der Waals surface area contributed by atoms with Crippen LogP contribution < -0.4 is 0 Å². The summed E-state index contributed by atoms with van der Waals surface area (Å²) in [6, 6.07) is 13.9. The molecular weight excluding hydrogens is 346 g/mol. The minimum absolute atomic E-state index is 0.149. The molecule has 1 aromatic carbocycles. The Hall–Kier alpha value is -2.50. The second-order valence-electron chi connectivity index (χ2n) is 5.09. The van der Waals surface area contributed by atoms with E-state index in [1.807, 2.05) is 12.1 Å². The summed E-state index contributed by atoms with van der Waals surface area (Å²) < 4.78 is 0. The van der Waals surface area contributed by atoms with E-state index >= 15 is 0 Å². The Labute approximate surface area is 147 Å². The van der Waals surface area contributed by atoms with E-state index in [1.54, 1.807) is 42.6 Å². The van der Waals surface area contributed by atoms with Crippen LogP contribution in [0, 0.1) is 0 Å². The molecule has 24 heavy (non-hydrogen) atoms. The largest absolute Gasteiger partial charge is 0.481 e. The molecule has 0 bridgehead atoms. The van der Waals surface area contributed by atoms with Gasteiger partial charge in [0.15, 0.2) is 0 Å². The van der Waals surface area contributed by atoms with Gasteiger partial charge in [-0.05, 0) is 41.5 Å². The third-order valence-corrected chi connectivity index (χ3v) is 4.86. The van der Waals surface area contributed by atoms with E-state index in [9.17, 15) is 9.59 Å². The molecule has 0 aliphatic carbocycles. The predicted octanol–water partition coefficient (Wildman–Crippen LogP) is 4.32. The van der Waals surface area contributed by atoms with Gasteiger partial charge in [0.2, 0.25) is 5.78 Å². The van der Waals surface area contributed by atoms with Crippen molar-refractivity contribution in [2.75, 3.05) is 0 Å². The fourth-order valence-electron chi connectivity index (χ4n) is 2.30. The standard InChI is InChI=1S/C18H12ClNO3S/c19-13-6-4-11(5-7-13)18-12(10-16(21)22)9-15(24-18)17(23)14-3-1-2-8-20-14/h1-9H,10H2,(H,21,22). The lowest BCUT2D eigenvalue weighted by Gasteiger charge is -2.01. The fraction of sp³-hybridized carbons (Fsp3) is 0.0556. The van der Waals surface area contributed by atoms with Crippen LogP contribution >= 0.6 is 22.9 Å². The van der Waals surface area contributed by atoms with Crippen molar-refractivity contribution in [1.29, 1.82) is 0 Å². The lowest BCUT2D eigenvalue weighted by Crippen LogP contribution is -2.02. The van der Waals surface area contributed by atoms with Gasteiger partial charge in [-0.2, -0.15) is 0 Å². The SMILES string of the molecule is O=C(O)Cc1cc(C(=O)c2ccccn2)sc1-c1ccc(Cl)cc1. The molecule has 0 amide bonds. The zero-order valence-electron chi connectivity index (χ0n) is 12.4. The Kier molecular flexibility index (Phi) is 4.74. The smallest absolute Gasteiger partial charge is 0.307 e. The van der Waals surface area contributed by atoms with Gasteiger partial charge in [0.25, 0.3) is 0 Å². The number of thiophene rings is 1. The number of benzene rings is 1. The molecule has 4 nitrogen and oxygen atoms in total. The van der Waals surface area contributed by atoms with E-state index in [4.69, 9.17) is 16.7 Å². The van der Waals surface area contributed by atoms with E-state index < -0.39 is 5.97 Å². The summed E-state index contributed by atoms with van der Waals surface area (Å²) >= 11 is 7.17. The average Bonchev–Trinajstić information content (AvgIpc) is 2.98. The van der Waals surface area contributed by atoms with Crippen molar-refractivity contribution in [3.8, 4) is 10.4 Å². The van der Waals surface area contributed by atoms with Crippen LogP contribution in [0.15, 0.2) is 54.7 Å². The van der Waals surface area contributed by atoms with Crippen LogP contribution in [0.1, 0.15) is 20.9 Å². The highest BCUT2D eigenvalue weighted by atomic mass is 35.5. The number of nitrogens with zero attached hydrogens (tertiary/aromatic N) is 1. The molecule has 6 heteroatoms. The number of carbonyl (C=O) groups excluding carboxylic acids is 1. The number of hydrogen-bond acceptors (Lipinski definition) is 4. The lowest BCUT2D eigenvalue weighted by atomic mass is 10.1. The van der Waals surface area contributed by atoms with Gasteiger partial charge in [0, 0.05) is 16.1 Å². The van der Waals surface area contributed by atoms with Gasteiger partial charge in [-0.1, -0.05) is 29.8 Å². The molecule has 3 aromatic rings. The summed E-state index contributed by atoms with van der Waals surface area (Å²) in [5.41, 5.74) is 1.78. The molecule has 0 spiro atoms. The van der Waals surface area contributed by atoms with Crippen molar-refractivity contribution in [2.24, 2.45) is 0 Å². The second kappa shape index (κ2) is 6.95. The summed E-state index contributed by atoms with van der Waals surface area (Å²) in [7, 11) is 0. The Morgan fingerprint density at radius 3 is 2.50 bits per heavy atom. The van der Waals surface area contributed by atoms with Gasteiger partial charge in [0.1, 0.15) is 5.69 Å². The van der Waals surface area contributed by atoms with Crippen molar-refractivity contribution in [1.82, 2.24) is 4.98 Å². The van der Waals surface area contributed by atoms with Crippen LogP contribution in [0.25, 0.3) is 10.4 Å². The Morgan fingerprint density at radius 2 is 1.88 bits per heavy atom. The Balaban J connectivity index is 2.05. The minimum atomic E-state index is -0.945. The van der Waals surface area contributed by atoms with Crippen molar-refractivity contribution in [3.05, 3.63) is 75.9 Å². The van der Waals surface area contributed by atoms with Crippen LogP contribution in [0.5, 0.6) is 0 Å². The zero-order chi connectivity index (χ0) is 17.1. The molecule has 0 fully saturated rings. The van der Waals surface area contributed by atoms with E-state index in [1.165, 1.54) is 11.3 Å². The quantitative estimate of drug-likeness (QED) is 0.690. The summed E-state index contributed by atoms with van der Waals surface area (Å²) in [4.78, 5) is 29.0. The Bertz CT molecular complexity index is 888. The van der Waals surface area contributed by atoms with Gasteiger partial charge < -0.3 is 5.11 Å². The van der Waals surface area contributed by atoms with Gasteiger partial charge in [-0.25, -0.2) is 0 Å². The Morgan fingerprint density at radius 1 is 1.12 bits per heavy atom. The number of rotatable bonds is 5. The zero-order valence-corrected chi connectivity index (χ0v) is 14.0. The molecule has 0 atom stereocenters. The number of pyridine rings is 1. The molecule has 0 saturated carbocycles. The average molecular weight is 358 g/mol. The van der Waals surface area contributed by atoms with Crippen LogP contribution in [-0.4, -0.2) is 21.8 Å². The second-order valence-corrected chi connectivity index (χ2v) is 6.58. The van der Waals surface area contributed by atoms with Crippen LogP contribution in [-0.2, 0) is 11.2 Å². The van der Waals surface area contributed by atoms with Gasteiger partial charge in [-0.15, -0.1) is 11.3 Å². The maximum Gasteiger partial charge on any atom is 0.307 e. The first kappa shape index (κ1) is 16.4. The number of aromatic nitrogens is 1. The molecule has 0 aliphatic rings. The van der Waals surface area contributed by atoms with Crippen LogP contribution in [0.2, 0.25) is 5.02 Å². The molecule has 0 radical (unpaired) electrons. The summed E-state index contributed by atoms with van der Waals surface area (Å²) in [5.74, 6) is -1.16. The number of carboxylic acids is 1. The van der Waals surface area contributed by atoms with Crippen LogP contribution in [0.4, 0.5) is 0 Å².